The van der Waals surface area contributed by atoms with Crippen LogP contribution in [0.3, 0.4) is 0 Å². The number of anilines is 1. The van der Waals surface area contributed by atoms with Gasteiger partial charge in [-0.05, 0) is 32.0 Å². The summed E-state index contributed by atoms with van der Waals surface area (Å²) in [5.41, 5.74) is 7.72. The van der Waals surface area contributed by atoms with E-state index in [1.54, 1.807) is 6.20 Å². The molecule has 20 heavy (non-hydrogen) atoms. The summed E-state index contributed by atoms with van der Waals surface area (Å²) in [5.74, 6) is 0. The molecule has 5 heteroatoms. The molecule has 0 aliphatic carbocycles. The molecule has 1 atom stereocenters. The third-order valence-corrected chi connectivity index (χ3v) is 4.12. The summed E-state index contributed by atoms with van der Waals surface area (Å²) in [6.45, 7) is 4.25. The molecule has 5 nitrogen and oxygen atoms in total. The summed E-state index contributed by atoms with van der Waals surface area (Å²) in [6, 6.07) is 2.05. The van der Waals surface area contributed by atoms with Crippen LogP contribution in [0.15, 0.2) is 18.5 Å². The highest BCUT2D eigenvalue weighted by molar-refractivity contribution is 5.44. The fourth-order valence-electron chi connectivity index (χ4n) is 2.98. The number of rotatable bonds is 6. The first kappa shape index (κ1) is 15.2. The summed E-state index contributed by atoms with van der Waals surface area (Å²) < 4.78 is 11.6. The highest BCUT2D eigenvalue weighted by atomic mass is 16.5. The Balaban J connectivity index is 2.18. The molecular formula is C15H25N3O2. The van der Waals surface area contributed by atoms with Gasteiger partial charge in [0, 0.05) is 56.8 Å². The number of likely N-dealkylation sites (N-methyl/N-ethyl adjacent to an activating group) is 1. The van der Waals surface area contributed by atoms with E-state index in [1.165, 1.54) is 0 Å². The summed E-state index contributed by atoms with van der Waals surface area (Å²) in [6.07, 6.45) is 6.20. The lowest BCUT2D eigenvalue weighted by atomic mass is 9.82. The molecule has 3 N–H and O–H groups in total. The maximum Gasteiger partial charge on any atom is 0.0881 e. The number of hydrogen-bond donors (Lipinski definition) is 2. The summed E-state index contributed by atoms with van der Waals surface area (Å²) in [7, 11) is 1.98. The zero-order chi connectivity index (χ0) is 14.4. The minimum absolute atomic E-state index is 0.177. The first-order valence-electron chi connectivity index (χ1n) is 7.29. The molecule has 0 saturated carbocycles. The van der Waals surface area contributed by atoms with Gasteiger partial charge in [0.15, 0.2) is 0 Å². The molecule has 2 heterocycles. The fourth-order valence-corrected chi connectivity index (χ4v) is 2.98. The standard InChI is InChI=1S/C15H25N3O2/c1-3-20-15(5-8-19-9-6-15)14(17-2)10-12-11-18-7-4-13(12)16/h4,7,11,14,17H,3,5-6,8-10H2,1-2H3,(H2,16,18). The van der Waals surface area contributed by atoms with Crippen molar-refractivity contribution < 1.29 is 9.47 Å². The smallest absolute Gasteiger partial charge is 0.0881 e. The molecule has 1 aliphatic heterocycles. The monoisotopic (exact) mass is 279 g/mol. The van der Waals surface area contributed by atoms with Gasteiger partial charge in [0.2, 0.25) is 0 Å². The van der Waals surface area contributed by atoms with E-state index in [0.29, 0.717) is 6.61 Å². The van der Waals surface area contributed by atoms with Gasteiger partial charge in [-0.3, -0.25) is 4.98 Å². The zero-order valence-corrected chi connectivity index (χ0v) is 12.4. The van der Waals surface area contributed by atoms with Crippen molar-refractivity contribution in [1.29, 1.82) is 0 Å². The van der Waals surface area contributed by atoms with Crippen molar-refractivity contribution in [3.8, 4) is 0 Å². The maximum absolute atomic E-state index is 6.13. The van der Waals surface area contributed by atoms with E-state index < -0.39 is 0 Å². The second-order valence-electron chi connectivity index (χ2n) is 5.23. The van der Waals surface area contributed by atoms with Gasteiger partial charge in [-0.25, -0.2) is 0 Å². The first-order valence-corrected chi connectivity index (χ1v) is 7.29. The molecule has 0 amide bonds. The number of nitrogens with two attached hydrogens (primary N) is 1. The van der Waals surface area contributed by atoms with Crippen LogP contribution in [-0.2, 0) is 15.9 Å². The van der Waals surface area contributed by atoms with Gasteiger partial charge in [0.05, 0.1) is 5.60 Å². The molecular weight excluding hydrogens is 254 g/mol. The van der Waals surface area contributed by atoms with Crippen LogP contribution >= 0.6 is 0 Å². The molecule has 0 aromatic carbocycles. The van der Waals surface area contributed by atoms with Gasteiger partial charge in [-0.1, -0.05) is 0 Å². The predicted molar refractivity (Wildman–Crippen MR) is 79.6 cm³/mol. The van der Waals surface area contributed by atoms with Crippen molar-refractivity contribution >= 4 is 5.69 Å². The molecule has 0 bridgehead atoms. The van der Waals surface area contributed by atoms with Crippen LogP contribution in [0.25, 0.3) is 0 Å². The van der Waals surface area contributed by atoms with Gasteiger partial charge in [0.25, 0.3) is 0 Å². The highest BCUT2D eigenvalue weighted by Crippen LogP contribution is 2.31. The second-order valence-corrected chi connectivity index (χ2v) is 5.23. The molecule has 1 aromatic heterocycles. The Morgan fingerprint density at radius 1 is 1.50 bits per heavy atom. The fraction of sp³-hybridized carbons (Fsp3) is 0.667. The van der Waals surface area contributed by atoms with Crippen molar-refractivity contribution in [1.82, 2.24) is 10.3 Å². The van der Waals surface area contributed by atoms with Crippen LogP contribution < -0.4 is 11.1 Å². The van der Waals surface area contributed by atoms with Crippen LogP contribution in [0.4, 0.5) is 5.69 Å². The number of nitrogen functional groups attached to an aromatic ring is 1. The van der Waals surface area contributed by atoms with Gasteiger partial charge in [-0.2, -0.15) is 0 Å². The summed E-state index contributed by atoms with van der Waals surface area (Å²) in [4.78, 5) is 4.17. The van der Waals surface area contributed by atoms with E-state index in [4.69, 9.17) is 15.2 Å². The Morgan fingerprint density at radius 2 is 2.25 bits per heavy atom. The quantitative estimate of drug-likeness (QED) is 0.823. The second kappa shape index (κ2) is 7.02. The van der Waals surface area contributed by atoms with Crippen molar-refractivity contribution in [2.75, 3.05) is 32.6 Å². The lowest BCUT2D eigenvalue weighted by molar-refractivity contribution is -0.125. The van der Waals surface area contributed by atoms with E-state index in [9.17, 15) is 0 Å². The largest absolute Gasteiger partial charge is 0.398 e. The maximum atomic E-state index is 6.13. The Labute approximate surface area is 120 Å². The molecule has 112 valence electrons. The molecule has 0 spiro atoms. The van der Waals surface area contributed by atoms with Crippen molar-refractivity contribution in [2.45, 2.75) is 37.8 Å². The predicted octanol–water partition coefficient (Wildman–Crippen LogP) is 1.38. The average Bonchev–Trinajstić information content (AvgIpc) is 2.47. The van der Waals surface area contributed by atoms with Gasteiger partial charge in [0.1, 0.15) is 0 Å². The third kappa shape index (κ3) is 3.29. The minimum Gasteiger partial charge on any atom is -0.398 e. The van der Waals surface area contributed by atoms with Crippen LogP contribution in [0.5, 0.6) is 0 Å². The van der Waals surface area contributed by atoms with E-state index in [2.05, 4.69) is 10.3 Å². The highest BCUT2D eigenvalue weighted by Gasteiger charge is 2.40. The lowest BCUT2D eigenvalue weighted by Gasteiger charge is -2.43. The third-order valence-electron chi connectivity index (χ3n) is 4.12. The van der Waals surface area contributed by atoms with Gasteiger partial charge >= 0.3 is 0 Å². The van der Waals surface area contributed by atoms with E-state index in [-0.39, 0.29) is 11.6 Å². The Bertz CT molecular complexity index is 414. The summed E-state index contributed by atoms with van der Waals surface area (Å²) >= 11 is 0. The number of nitrogens with zero attached hydrogens (tertiary/aromatic N) is 1. The van der Waals surface area contributed by atoms with Crippen LogP contribution in [0.2, 0.25) is 0 Å². The number of pyridine rings is 1. The number of aromatic nitrogens is 1. The zero-order valence-electron chi connectivity index (χ0n) is 12.4. The van der Waals surface area contributed by atoms with Gasteiger partial charge < -0.3 is 20.5 Å². The molecule has 1 saturated heterocycles. The Hall–Kier alpha value is -1.17. The normalized spacial score (nSPS) is 19.7. The molecule has 0 radical (unpaired) electrons. The SMILES string of the molecule is CCOC1(C(Cc2cnccc2N)NC)CCOCC1. The molecule has 1 fully saturated rings. The van der Waals surface area contributed by atoms with Crippen molar-refractivity contribution in [3.63, 3.8) is 0 Å². The van der Waals surface area contributed by atoms with E-state index >= 15 is 0 Å². The number of ether oxygens (including phenoxy) is 2. The molecule has 2 rings (SSSR count). The van der Waals surface area contributed by atoms with E-state index in [0.717, 1.165) is 43.7 Å². The molecule has 1 unspecified atom stereocenters. The lowest BCUT2D eigenvalue weighted by Crippen LogP contribution is -2.55. The van der Waals surface area contributed by atoms with Crippen LogP contribution in [0, 0.1) is 0 Å². The Morgan fingerprint density at radius 3 is 2.85 bits per heavy atom. The first-order chi connectivity index (χ1) is 9.72. The van der Waals surface area contributed by atoms with E-state index in [1.807, 2.05) is 26.2 Å². The molecule has 1 aromatic rings. The number of hydrogen-bond acceptors (Lipinski definition) is 5. The topological polar surface area (TPSA) is 69.4 Å². The van der Waals surface area contributed by atoms with Crippen molar-refractivity contribution in [2.24, 2.45) is 0 Å². The van der Waals surface area contributed by atoms with Crippen LogP contribution in [-0.4, -0.2) is 43.5 Å². The van der Waals surface area contributed by atoms with Gasteiger partial charge in [-0.15, -0.1) is 0 Å². The average molecular weight is 279 g/mol. The van der Waals surface area contributed by atoms with Crippen molar-refractivity contribution in [3.05, 3.63) is 24.0 Å². The number of nitrogens with one attached hydrogen (secondary N) is 1. The van der Waals surface area contributed by atoms with Crippen LogP contribution in [0.1, 0.15) is 25.3 Å². The minimum atomic E-state index is -0.177. The summed E-state index contributed by atoms with van der Waals surface area (Å²) in [5, 5.41) is 3.41. The molecule has 1 aliphatic rings. The Kier molecular flexibility index (Phi) is 5.34.